The monoisotopic (exact) mass is 418 g/mol. The summed E-state index contributed by atoms with van der Waals surface area (Å²) >= 11 is 0. The average Bonchev–Trinajstić information content (AvgIpc) is 2.68. The zero-order valence-electron chi connectivity index (χ0n) is 17.1. The molecule has 0 saturated heterocycles. The standard InChI is InChI=1S/C22H30N2O4S/c1-3-4-5-8-19-11-13-22(14-12-19)29(26,27)23-15-7-16-28-21-10-6-9-20(17-21)24-18(2)25/h6,9-14,17,23H,3-5,7-8,15-16H2,1-2H3,(H,24,25). The Kier molecular flexibility index (Phi) is 9.15. The van der Waals surface area contributed by atoms with E-state index in [9.17, 15) is 13.2 Å². The second-order valence-corrected chi connectivity index (χ2v) is 8.68. The van der Waals surface area contributed by atoms with E-state index in [2.05, 4.69) is 17.0 Å². The Morgan fingerprint density at radius 1 is 1.03 bits per heavy atom. The van der Waals surface area contributed by atoms with E-state index in [0.717, 1.165) is 18.4 Å². The molecule has 2 aromatic carbocycles. The summed E-state index contributed by atoms with van der Waals surface area (Å²) in [6.45, 7) is 4.25. The van der Waals surface area contributed by atoms with Gasteiger partial charge in [0.2, 0.25) is 15.9 Å². The molecule has 2 N–H and O–H groups in total. The molecular weight excluding hydrogens is 388 g/mol. The normalized spacial score (nSPS) is 11.2. The first-order valence-corrected chi connectivity index (χ1v) is 11.5. The zero-order chi connectivity index (χ0) is 21.1. The van der Waals surface area contributed by atoms with Gasteiger partial charge < -0.3 is 10.1 Å². The number of ether oxygens (including phenoxy) is 1. The highest BCUT2D eigenvalue weighted by atomic mass is 32.2. The van der Waals surface area contributed by atoms with Crippen LogP contribution in [-0.2, 0) is 21.2 Å². The van der Waals surface area contributed by atoms with Gasteiger partial charge in [-0.1, -0.05) is 38.0 Å². The number of hydrogen-bond donors (Lipinski definition) is 2. The molecule has 0 spiro atoms. The van der Waals surface area contributed by atoms with Crippen LogP contribution in [0, 0.1) is 0 Å². The van der Waals surface area contributed by atoms with Crippen molar-refractivity contribution in [1.29, 1.82) is 0 Å². The molecule has 0 aromatic heterocycles. The quantitative estimate of drug-likeness (QED) is 0.508. The minimum Gasteiger partial charge on any atom is -0.493 e. The summed E-state index contributed by atoms with van der Waals surface area (Å²) in [6, 6.07) is 14.2. The van der Waals surface area contributed by atoms with Gasteiger partial charge in [-0.3, -0.25) is 4.79 Å². The predicted octanol–water partition coefficient (Wildman–Crippen LogP) is 4.13. The lowest BCUT2D eigenvalue weighted by atomic mass is 10.1. The van der Waals surface area contributed by atoms with Crippen LogP contribution in [0.2, 0.25) is 0 Å². The van der Waals surface area contributed by atoms with Crippen molar-refractivity contribution in [3.8, 4) is 5.75 Å². The maximum atomic E-state index is 12.4. The Morgan fingerprint density at radius 2 is 1.79 bits per heavy atom. The van der Waals surface area contributed by atoms with Gasteiger partial charge in [-0.25, -0.2) is 13.1 Å². The van der Waals surface area contributed by atoms with Crippen LogP contribution in [0.3, 0.4) is 0 Å². The fourth-order valence-corrected chi connectivity index (χ4v) is 3.91. The van der Waals surface area contributed by atoms with E-state index in [-0.39, 0.29) is 17.3 Å². The van der Waals surface area contributed by atoms with Crippen molar-refractivity contribution < 1.29 is 17.9 Å². The molecule has 7 heteroatoms. The average molecular weight is 419 g/mol. The number of benzene rings is 2. The molecule has 0 fully saturated rings. The molecule has 0 radical (unpaired) electrons. The molecule has 0 aliphatic heterocycles. The lowest BCUT2D eigenvalue weighted by molar-refractivity contribution is -0.114. The first-order chi connectivity index (χ1) is 13.9. The maximum absolute atomic E-state index is 12.4. The van der Waals surface area contributed by atoms with E-state index in [4.69, 9.17) is 4.74 Å². The van der Waals surface area contributed by atoms with E-state index < -0.39 is 10.0 Å². The van der Waals surface area contributed by atoms with Crippen LogP contribution in [-0.4, -0.2) is 27.5 Å². The van der Waals surface area contributed by atoms with Gasteiger partial charge in [0.15, 0.2) is 0 Å². The van der Waals surface area contributed by atoms with Crippen molar-refractivity contribution in [2.24, 2.45) is 0 Å². The predicted molar refractivity (Wildman–Crippen MR) is 116 cm³/mol. The van der Waals surface area contributed by atoms with E-state index >= 15 is 0 Å². The SMILES string of the molecule is CCCCCc1ccc(S(=O)(=O)NCCCOc2cccc(NC(C)=O)c2)cc1. The van der Waals surface area contributed by atoms with Crippen LogP contribution in [0.4, 0.5) is 5.69 Å². The molecule has 0 bridgehead atoms. The molecule has 0 saturated carbocycles. The summed E-state index contributed by atoms with van der Waals surface area (Å²) in [4.78, 5) is 11.4. The van der Waals surface area contributed by atoms with Crippen LogP contribution in [0.25, 0.3) is 0 Å². The molecule has 2 aromatic rings. The van der Waals surface area contributed by atoms with Gasteiger partial charge in [0.25, 0.3) is 0 Å². The summed E-state index contributed by atoms with van der Waals surface area (Å²) in [6.07, 6.45) is 4.97. The number of nitrogens with one attached hydrogen (secondary N) is 2. The van der Waals surface area contributed by atoms with E-state index in [0.29, 0.717) is 24.5 Å². The molecule has 158 valence electrons. The first kappa shape index (κ1) is 22.9. The number of carbonyl (C=O) groups is 1. The Labute approximate surface area is 173 Å². The molecule has 2 rings (SSSR count). The first-order valence-electron chi connectivity index (χ1n) is 10.00. The number of anilines is 1. The minimum atomic E-state index is -3.52. The Hall–Kier alpha value is -2.38. The summed E-state index contributed by atoms with van der Waals surface area (Å²) in [5, 5.41) is 2.69. The highest BCUT2D eigenvalue weighted by Crippen LogP contribution is 2.17. The summed E-state index contributed by atoms with van der Waals surface area (Å²) in [5.74, 6) is 0.475. The Morgan fingerprint density at radius 3 is 2.48 bits per heavy atom. The van der Waals surface area contributed by atoms with Crippen molar-refractivity contribution >= 4 is 21.6 Å². The third-order valence-corrected chi connectivity index (χ3v) is 5.82. The van der Waals surface area contributed by atoms with E-state index in [1.807, 2.05) is 12.1 Å². The largest absolute Gasteiger partial charge is 0.493 e. The van der Waals surface area contributed by atoms with Gasteiger partial charge in [0.1, 0.15) is 5.75 Å². The fourth-order valence-electron chi connectivity index (χ4n) is 2.83. The molecule has 0 aliphatic rings. The van der Waals surface area contributed by atoms with Gasteiger partial charge in [0, 0.05) is 25.2 Å². The molecule has 0 atom stereocenters. The number of sulfonamides is 1. The maximum Gasteiger partial charge on any atom is 0.240 e. The second kappa shape index (κ2) is 11.6. The third-order valence-electron chi connectivity index (χ3n) is 4.34. The lowest BCUT2D eigenvalue weighted by Crippen LogP contribution is -2.25. The van der Waals surface area contributed by atoms with Gasteiger partial charge >= 0.3 is 0 Å². The van der Waals surface area contributed by atoms with Crippen molar-refractivity contribution in [3.63, 3.8) is 0 Å². The molecule has 1 amide bonds. The van der Waals surface area contributed by atoms with Crippen LogP contribution < -0.4 is 14.8 Å². The summed E-state index contributed by atoms with van der Waals surface area (Å²) < 4.78 is 33.0. The number of unbranched alkanes of at least 4 members (excludes halogenated alkanes) is 2. The van der Waals surface area contributed by atoms with Gasteiger partial charge in [0.05, 0.1) is 11.5 Å². The smallest absolute Gasteiger partial charge is 0.240 e. The van der Waals surface area contributed by atoms with E-state index in [1.165, 1.54) is 19.8 Å². The van der Waals surface area contributed by atoms with Crippen molar-refractivity contribution in [2.75, 3.05) is 18.5 Å². The summed E-state index contributed by atoms with van der Waals surface area (Å²) in [5.41, 5.74) is 1.82. The topological polar surface area (TPSA) is 84.5 Å². The lowest BCUT2D eigenvalue weighted by Gasteiger charge is -2.10. The van der Waals surface area contributed by atoms with Crippen LogP contribution >= 0.6 is 0 Å². The second-order valence-electron chi connectivity index (χ2n) is 6.91. The highest BCUT2D eigenvalue weighted by Gasteiger charge is 2.13. The fraction of sp³-hybridized carbons (Fsp3) is 0.409. The molecule has 0 unspecified atom stereocenters. The van der Waals surface area contributed by atoms with Crippen molar-refractivity contribution in [1.82, 2.24) is 4.72 Å². The number of rotatable bonds is 12. The Bertz CT molecular complexity index is 880. The molecule has 0 heterocycles. The van der Waals surface area contributed by atoms with Crippen LogP contribution in [0.5, 0.6) is 5.75 Å². The number of hydrogen-bond acceptors (Lipinski definition) is 4. The molecular formula is C22H30N2O4S. The zero-order valence-corrected chi connectivity index (χ0v) is 17.9. The number of carbonyl (C=O) groups excluding carboxylic acids is 1. The van der Waals surface area contributed by atoms with E-state index in [1.54, 1.807) is 36.4 Å². The highest BCUT2D eigenvalue weighted by molar-refractivity contribution is 7.89. The third kappa shape index (κ3) is 8.25. The Balaban J connectivity index is 1.76. The summed E-state index contributed by atoms with van der Waals surface area (Å²) in [7, 11) is -3.52. The molecule has 6 nitrogen and oxygen atoms in total. The van der Waals surface area contributed by atoms with Crippen molar-refractivity contribution in [3.05, 3.63) is 54.1 Å². The molecule has 0 aliphatic carbocycles. The molecule has 29 heavy (non-hydrogen) atoms. The van der Waals surface area contributed by atoms with Crippen LogP contribution in [0.1, 0.15) is 45.1 Å². The minimum absolute atomic E-state index is 0.148. The number of aryl methyl sites for hydroxylation is 1. The van der Waals surface area contributed by atoms with Gasteiger partial charge in [-0.05, 0) is 49.1 Å². The van der Waals surface area contributed by atoms with Crippen molar-refractivity contribution in [2.45, 2.75) is 50.8 Å². The van der Waals surface area contributed by atoms with Gasteiger partial charge in [-0.2, -0.15) is 0 Å². The van der Waals surface area contributed by atoms with Crippen LogP contribution in [0.15, 0.2) is 53.4 Å². The van der Waals surface area contributed by atoms with Gasteiger partial charge in [-0.15, -0.1) is 0 Å². The number of amides is 1.